The van der Waals surface area contributed by atoms with E-state index in [1.807, 2.05) is 24.3 Å². The van der Waals surface area contributed by atoms with Crippen LogP contribution in [0, 0.1) is 0 Å². The topological polar surface area (TPSA) is 57.8 Å². The highest BCUT2D eigenvalue weighted by Crippen LogP contribution is 2.21. The first-order valence-electron chi connectivity index (χ1n) is 6.19. The molecule has 20 heavy (non-hydrogen) atoms. The van der Waals surface area contributed by atoms with E-state index < -0.39 is 0 Å². The second-order valence-corrected chi connectivity index (χ2v) is 4.83. The Balaban J connectivity index is 1.79. The molecule has 100 valence electrons. The van der Waals surface area contributed by atoms with Crippen LogP contribution in [0.2, 0.25) is 5.02 Å². The zero-order valence-corrected chi connectivity index (χ0v) is 11.3. The number of fused-ring (bicyclic) bond motifs is 1. The van der Waals surface area contributed by atoms with Gasteiger partial charge in [0.1, 0.15) is 0 Å². The van der Waals surface area contributed by atoms with Gasteiger partial charge >= 0.3 is 0 Å². The molecule has 0 saturated carbocycles. The summed E-state index contributed by atoms with van der Waals surface area (Å²) >= 11 is 5.92. The van der Waals surface area contributed by atoms with E-state index in [2.05, 4.69) is 15.3 Å². The predicted octanol–water partition coefficient (Wildman–Crippen LogP) is 3.15. The van der Waals surface area contributed by atoms with Crippen LogP contribution in [0.1, 0.15) is 16.1 Å². The minimum absolute atomic E-state index is 0.135. The number of hydrogen-bond acceptors (Lipinski definition) is 2. The molecule has 0 radical (unpaired) electrons. The van der Waals surface area contributed by atoms with E-state index in [1.54, 1.807) is 24.5 Å². The Hall–Kier alpha value is -2.33. The standard InChI is InChI=1S/C15H12ClN3O/c16-10-4-5-12-13(9-18-14(12)7-10)15(20)19-8-11-3-1-2-6-17-11/h1-7,9,18H,8H2,(H,19,20). The number of benzene rings is 1. The Bertz CT molecular complexity index is 752. The van der Waals surface area contributed by atoms with Crippen molar-refractivity contribution in [2.24, 2.45) is 0 Å². The Labute approximate surface area is 120 Å². The number of H-pyrrole nitrogens is 1. The van der Waals surface area contributed by atoms with Crippen molar-refractivity contribution >= 4 is 28.4 Å². The quantitative estimate of drug-likeness (QED) is 0.777. The SMILES string of the molecule is O=C(NCc1ccccn1)c1c[nH]c2cc(Cl)ccc12. The second kappa shape index (κ2) is 5.35. The number of carbonyl (C=O) groups excluding carboxylic acids is 1. The number of rotatable bonds is 3. The Morgan fingerprint density at radius 2 is 2.20 bits per heavy atom. The maximum Gasteiger partial charge on any atom is 0.253 e. The summed E-state index contributed by atoms with van der Waals surface area (Å²) in [5.41, 5.74) is 2.27. The molecule has 2 aromatic heterocycles. The number of aromatic nitrogens is 2. The van der Waals surface area contributed by atoms with Gasteiger partial charge in [0, 0.05) is 28.3 Å². The summed E-state index contributed by atoms with van der Waals surface area (Å²) in [4.78, 5) is 19.4. The number of hydrogen-bond donors (Lipinski definition) is 2. The van der Waals surface area contributed by atoms with E-state index in [1.165, 1.54) is 0 Å². The van der Waals surface area contributed by atoms with Crippen LogP contribution in [0.3, 0.4) is 0 Å². The molecule has 0 bridgehead atoms. The van der Waals surface area contributed by atoms with Crippen LogP contribution in [-0.4, -0.2) is 15.9 Å². The summed E-state index contributed by atoms with van der Waals surface area (Å²) in [6, 6.07) is 11.0. The number of nitrogens with one attached hydrogen (secondary N) is 2. The summed E-state index contributed by atoms with van der Waals surface area (Å²) in [5.74, 6) is -0.135. The van der Waals surface area contributed by atoms with Crippen molar-refractivity contribution in [2.45, 2.75) is 6.54 Å². The molecule has 2 heterocycles. The van der Waals surface area contributed by atoms with Gasteiger partial charge < -0.3 is 10.3 Å². The first-order valence-corrected chi connectivity index (χ1v) is 6.56. The molecule has 3 aromatic rings. The molecule has 0 aliphatic heterocycles. The number of carbonyl (C=O) groups is 1. The lowest BCUT2D eigenvalue weighted by atomic mass is 10.1. The zero-order chi connectivity index (χ0) is 13.9. The molecule has 0 aliphatic carbocycles. The average molecular weight is 286 g/mol. The number of pyridine rings is 1. The smallest absolute Gasteiger partial charge is 0.253 e. The largest absolute Gasteiger partial charge is 0.360 e. The van der Waals surface area contributed by atoms with Crippen molar-refractivity contribution in [3.8, 4) is 0 Å². The van der Waals surface area contributed by atoms with Gasteiger partial charge in [0.2, 0.25) is 0 Å². The summed E-state index contributed by atoms with van der Waals surface area (Å²) in [7, 11) is 0. The monoisotopic (exact) mass is 285 g/mol. The third-order valence-corrected chi connectivity index (χ3v) is 3.28. The lowest BCUT2D eigenvalue weighted by Crippen LogP contribution is -2.22. The van der Waals surface area contributed by atoms with E-state index >= 15 is 0 Å². The number of halogens is 1. The van der Waals surface area contributed by atoms with Crippen LogP contribution >= 0.6 is 11.6 Å². The Morgan fingerprint density at radius 1 is 1.30 bits per heavy atom. The van der Waals surface area contributed by atoms with Gasteiger partial charge in [0.15, 0.2) is 0 Å². The minimum atomic E-state index is -0.135. The molecular weight excluding hydrogens is 274 g/mol. The maximum absolute atomic E-state index is 12.2. The number of aromatic amines is 1. The molecule has 0 unspecified atom stereocenters. The van der Waals surface area contributed by atoms with Crippen LogP contribution in [-0.2, 0) is 6.54 Å². The van der Waals surface area contributed by atoms with E-state index in [4.69, 9.17) is 11.6 Å². The highest BCUT2D eigenvalue weighted by atomic mass is 35.5. The molecule has 0 saturated heterocycles. The molecule has 0 aliphatic rings. The van der Waals surface area contributed by atoms with Crippen LogP contribution in [0.25, 0.3) is 10.9 Å². The second-order valence-electron chi connectivity index (χ2n) is 4.40. The highest BCUT2D eigenvalue weighted by Gasteiger charge is 2.11. The van der Waals surface area contributed by atoms with Crippen molar-refractivity contribution in [3.05, 3.63) is 65.1 Å². The van der Waals surface area contributed by atoms with Crippen LogP contribution in [0.15, 0.2) is 48.8 Å². The fourth-order valence-electron chi connectivity index (χ4n) is 2.06. The molecule has 2 N–H and O–H groups in total. The summed E-state index contributed by atoms with van der Waals surface area (Å²) in [5, 5.41) is 4.35. The predicted molar refractivity (Wildman–Crippen MR) is 78.7 cm³/mol. The van der Waals surface area contributed by atoms with Crippen LogP contribution in [0.4, 0.5) is 0 Å². The summed E-state index contributed by atoms with van der Waals surface area (Å²) in [6.45, 7) is 0.403. The van der Waals surface area contributed by atoms with Crippen molar-refractivity contribution < 1.29 is 4.79 Å². The molecule has 0 fully saturated rings. The van der Waals surface area contributed by atoms with Gasteiger partial charge in [-0.15, -0.1) is 0 Å². The molecule has 3 rings (SSSR count). The van der Waals surface area contributed by atoms with Gasteiger partial charge in [-0.25, -0.2) is 0 Å². The molecular formula is C15H12ClN3O. The van der Waals surface area contributed by atoms with E-state index in [9.17, 15) is 4.79 Å². The highest BCUT2D eigenvalue weighted by molar-refractivity contribution is 6.31. The third-order valence-electron chi connectivity index (χ3n) is 3.04. The minimum Gasteiger partial charge on any atom is -0.360 e. The molecule has 5 heteroatoms. The fraction of sp³-hybridized carbons (Fsp3) is 0.0667. The van der Waals surface area contributed by atoms with Gasteiger partial charge in [-0.1, -0.05) is 23.7 Å². The van der Waals surface area contributed by atoms with Gasteiger partial charge in [-0.3, -0.25) is 9.78 Å². The summed E-state index contributed by atoms with van der Waals surface area (Å²) < 4.78 is 0. The first kappa shape index (κ1) is 12.7. The zero-order valence-electron chi connectivity index (χ0n) is 10.6. The summed E-state index contributed by atoms with van der Waals surface area (Å²) in [6.07, 6.45) is 3.39. The normalized spacial score (nSPS) is 10.7. The van der Waals surface area contributed by atoms with E-state index in [0.29, 0.717) is 17.1 Å². The fourth-order valence-corrected chi connectivity index (χ4v) is 2.23. The lowest BCUT2D eigenvalue weighted by molar-refractivity contribution is 0.0952. The van der Waals surface area contributed by atoms with Crippen molar-refractivity contribution in [3.63, 3.8) is 0 Å². The molecule has 4 nitrogen and oxygen atoms in total. The lowest BCUT2D eigenvalue weighted by Gasteiger charge is -2.03. The molecule has 0 atom stereocenters. The first-order chi connectivity index (χ1) is 9.74. The van der Waals surface area contributed by atoms with Crippen molar-refractivity contribution in [1.82, 2.24) is 15.3 Å². The van der Waals surface area contributed by atoms with Crippen LogP contribution in [0.5, 0.6) is 0 Å². The van der Waals surface area contributed by atoms with Crippen molar-refractivity contribution in [2.75, 3.05) is 0 Å². The molecule has 1 aromatic carbocycles. The van der Waals surface area contributed by atoms with Crippen molar-refractivity contribution in [1.29, 1.82) is 0 Å². The van der Waals surface area contributed by atoms with Crippen LogP contribution < -0.4 is 5.32 Å². The third kappa shape index (κ3) is 2.51. The van der Waals surface area contributed by atoms with Gasteiger partial charge in [0.25, 0.3) is 5.91 Å². The van der Waals surface area contributed by atoms with Gasteiger partial charge in [0.05, 0.1) is 17.8 Å². The number of amides is 1. The molecule has 1 amide bonds. The van der Waals surface area contributed by atoms with Gasteiger partial charge in [-0.05, 0) is 24.3 Å². The van der Waals surface area contributed by atoms with E-state index in [0.717, 1.165) is 16.6 Å². The Kier molecular flexibility index (Phi) is 3.39. The number of nitrogens with zero attached hydrogens (tertiary/aromatic N) is 1. The average Bonchev–Trinajstić information content (AvgIpc) is 2.89. The van der Waals surface area contributed by atoms with E-state index in [-0.39, 0.29) is 5.91 Å². The Morgan fingerprint density at radius 3 is 3.00 bits per heavy atom. The molecule has 0 spiro atoms. The van der Waals surface area contributed by atoms with Gasteiger partial charge in [-0.2, -0.15) is 0 Å². The maximum atomic E-state index is 12.2.